The van der Waals surface area contributed by atoms with E-state index in [-0.39, 0.29) is 76.2 Å². The normalized spacial score (nSPS) is 22.7. The Bertz CT molecular complexity index is 2190. The van der Waals surface area contributed by atoms with Crippen molar-refractivity contribution in [2.75, 3.05) is 40.1 Å². The molecular formula is C52H61FN2O9. The summed E-state index contributed by atoms with van der Waals surface area (Å²) in [5.41, 5.74) is 4.88. The van der Waals surface area contributed by atoms with Gasteiger partial charge in [-0.15, -0.1) is 6.58 Å². The summed E-state index contributed by atoms with van der Waals surface area (Å²) in [6, 6.07) is 31.1. The van der Waals surface area contributed by atoms with E-state index in [2.05, 4.69) is 12.7 Å². The maximum atomic E-state index is 14.8. The number of rotatable bonds is 23. The molecule has 1 aliphatic heterocycles. The first-order chi connectivity index (χ1) is 31.4. The van der Waals surface area contributed by atoms with E-state index in [1.165, 1.54) is 6.07 Å². The molecular weight excluding hydrogens is 816 g/mol. The van der Waals surface area contributed by atoms with Crippen LogP contribution in [0.15, 0.2) is 133 Å². The van der Waals surface area contributed by atoms with Gasteiger partial charge in [-0.05, 0) is 78.5 Å². The van der Waals surface area contributed by atoms with Crippen LogP contribution in [0.4, 0.5) is 9.18 Å². The number of amides is 1. The number of allylic oxidation sites excluding steroid dienone is 1. The molecule has 3 aliphatic rings. The minimum Gasteiger partial charge on any atom is -0.489 e. The summed E-state index contributed by atoms with van der Waals surface area (Å²) in [7, 11) is 1.70. The molecule has 0 radical (unpaired) electrons. The predicted octanol–water partition coefficient (Wildman–Crippen LogP) is 9.52. The van der Waals surface area contributed by atoms with Crippen molar-refractivity contribution < 1.29 is 47.9 Å². The maximum absolute atomic E-state index is 14.8. The number of nitrogens with zero attached hydrogens (tertiary/aromatic N) is 2. The molecule has 12 heteroatoms. The van der Waals surface area contributed by atoms with Crippen molar-refractivity contribution in [1.82, 2.24) is 4.90 Å². The number of unbranched alkanes of at least 4 members (excludes halogenated alkanes) is 2. The Kier molecular flexibility index (Phi) is 16.6. The summed E-state index contributed by atoms with van der Waals surface area (Å²) in [5.74, 6) is -1.39. The second-order valence-corrected chi connectivity index (χ2v) is 16.7. The number of ether oxygens (including phenoxy) is 5. The summed E-state index contributed by atoms with van der Waals surface area (Å²) in [6.07, 6.45) is 8.05. The van der Waals surface area contributed by atoms with Gasteiger partial charge in [0.05, 0.1) is 31.5 Å². The molecule has 2 N–H and O–H groups in total. The molecule has 4 aromatic carbocycles. The Morgan fingerprint density at radius 2 is 1.59 bits per heavy atom. The monoisotopic (exact) mass is 876 g/mol. The van der Waals surface area contributed by atoms with E-state index in [9.17, 15) is 19.4 Å². The molecule has 6 unspecified atom stereocenters. The largest absolute Gasteiger partial charge is 0.489 e. The lowest BCUT2D eigenvalue weighted by molar-refractivity contribution is -0.253. The van der Waals surface area contributed by atoms with Crippen molar-refractivity contribution in [3.8, 4) is 11.5 Å². The fourth-order valence-electron chi connectivity index (χ4n) is 9.53. The Labute approximate surface area is 376 Å². The van der Waals surface area contributed by atoms with Gasteiger partial charge in [0, 0.05) is 43.7 Å². The van der Waals surface area contributed by atoms with Gasteiger partial charge in [-0.2, -0.15) is 0 Å². The highest BCUT2D eigenvalue weighted by molar-refractivity contribution is 6.03. The van der Waals surface area contributed by atoms with Gasteiger partial charge in [-0.25, -0.2) is 9.18 Å². The molecule has 0 bridgehead atoms. The zero-order chi connectivity index (χ0) is 44.7. The third-order valence-electron chi connectivity index (χ3n) is 12.6. The molecule has 64 heavy (non-hydrogen) atoms. The molecule has 340 valence electrons. The van der Waals surface area contributed by atoms with Gasteiger partial charge in [0.2, 0.25) is 5.79 Å². The van der Waals surface area contributed by atoms with Crippen molar-refractivity contribution in [2.24, 2.45) is 22.9 Å². The smallest absolute Gasteiger partial charge is 0.410 e. The molecule has 6 atom stereocenters. The zero-order valence-corrected chi connectivity index (χ0v) is 36.7. The van der Waals surface area contributed by atoms with E-state index in [1.54, 1.807) is 36.2 Å². The topological polar surface area (TPSA) is 129 Å². The molecule has 11 nitrogen and oxygen atoms in total. The van der Waals surface area contributed by atoms with E-state index in [0.717, 1.165) is 47.9 Å². The summed E-state index contributed by atoms with van der Waals surface area (Å²) in [6.45, 7) is 5.17. The van der Waals surface area contributed by atoms with Crippen LogP contribution in [0.2, 0.25) is 0 Å². The van der Waals surface area contributed by atoms with Gasteiger partial charge in [-0.1, -0.05) is 109 Å². The molecule has 7 rings (SSSR count). The molecule has 1 amide bonds. The Morgan fingerprint density at radius 3 is 2.31 bits per heavy atom. The van der Waals surface area contributed by atoms with Crippen molar-refractivity contribution in [1.29, 1.82) is 0 Å². The van der Waals surface area contributed by atoms with E-state index in [0.29, 0.717) is 42.2 Å². The minimum absolute atomic E-state index is 0.0134. The maximum Gasteiger partial charge on any atom is 0.410 e. The zero-order valence-electron chi connectivity index (χ0n) is 36.7. The number of carbonyl (C=O) groups is 1. The van der Waals surface area contributed by atoms with E-state index in [4.69, 9.17) is 33.7 Å². The number of oxime groups is 1. The molecule has 1 heterocycles. The van der Waals surface area contributed by atoms with Crippen LogP contribution in [-0.4, -0.2) is 78.8 Å². The van der Waals surface area contributed by atoms with Gasteiger partial charge in [0.1, 0.15) is 43.2 Å². The molecule has 1 fully saturated rings. The molecule has 0 aromatic heterocycles. The fourth-order valence-corrected chi connectivity index (χ4v) is 9.53. The Morgan fingerprint density at radius 1 is 0.891 bits per heavy atom. The second-order valence-electron chi connectivity index (χ2n) is 16.7. The molecule has 1 saturated carbocycles. The number of aliphatic hydroxyl groups excluding tert-OH is 2. The number of hydrogen-bond donors (Lipinski definition) is 2. The summed E-state index contributed by atoms with van der Waals surface area (Å²) in [4.78, 5) is 21.9. The van der Waals surface area contributed by atoms with Gasteiger partial charge in [-0.3, -0.25) is 0 Å². The van der Waals surface area contributed by atoms with Crippen molar-refractivity contribution >= 4 is 11.8 Å². The lowest BCUT2D eigenvalue weighted by Crippen LogP contribution is -2.69. The number of aliphatic hydroxyl groups is 2. The standard InChI is InChI=1S/C52H61FN2O9/c1-3-28-62-52-48(55(2)51(58)60-30-29-59-34-37-16-6-4-7-17-37)33-46(54-63-35-38-18-8-5-9-19-38)43-31-39(20-12-14-26-56)42(22-13-15-27-57)49(50(43)52)44-32-41(24-25-47(44)64-52)61-36-40-21-10-11-23-45(40)53/h3-11,16-19,21,23-25,31-32,39,42,48-50,56-57H,1,12-15,20,22,26-30,33-36H2,2H3. The Balaban J connectivity index is 1.30. The first-order valence-electron chi connectivity index (χ1n) is 22.5. The SMILES string of the molecule is C=CCOC12Oc3ccc(OCc4ccccc4F)cc3C3C(CCCCO)C(CCCCO)C=C(C(=NOCc4ccccc4)CC1N(C)C(=O)OCCOCc1ccccc1)C32. The highest BCUT2D eigenvalue weighted by Gasteiger charge is 2.65. The highest BCUT2D eigenvalue weighted by Crippen LogP contribution is 2.62. The quantitative estimate of drug-likeness (QED) is 0.0426. The first-order valence-corrected chi connectivity index (χ1v) is 22.5. The van der Waals surface area contributed by atoms with Gasteiger partial charge >= 0.3 is 6.09 Å². The first kappa shape index (κ1) is 46.5. The summed E-state index contributed by atoms with van der Waals surface area (Å²) >= 11 is 0. The van der Waals surface area contributed by atoms with Crippen LogP contribution in [0, 0.1) is 23.6 Å². The van der Waals surface area contributed by atoms with Crippen molar-refractivity contribution in [3.05, 3.63) is 156 Å². The minimum atomic E-state index is -1.45. The number of benzene rings is 4. The van der Waals surface area contributed by atoms with Crippen LogP contribution < -0.4 is 9.47 Å². The molecule has 2 aliphatic carbocycles. The van der Waals surface area contributed by atoms with Crippen LogP contribution in [0.1, 0.15) is 73.1 Å². The van der Waals surface area contributed by atoms with Crippen LogP contribution in [0.3, 0.4) is 0 Å². The fraction of sp³-hybridized carbons (Fsp3) is 0.423. The Hall–Kier alpha value is -5.53. The average molecular weight is 877 g/mol. The number of hydrogen-bond acceptors (Lipinski definition) is 10. The van der Waals surface area contributed by atoms with Crippen molar-refractivity contribution in [2.45, 2.75) is 82.5 Å². The van der Waals surface area contributed by atoms with E-state index >= 15 is 0 Å². The van der Waals surface area contributed by atoms with Crippen molar-refractivity contribution in [3.63, 3.8) is 0 Å². The van der Waals surface area contributed by atoms with Crippen LogP contribution >= 0.6 is 0 Å². The van der Waals surface area contributed by atoms with Gasteiger partial charge in [0.15, 0.2) is 0 Å². The molecule has 4 aromatic rings. The average Bonchev–Trinajstić information content (AvgIpc) is 3.32. The summed E-state index contributed by atoms with van der Waals surface area (Å²) < 4.78 is 47.0. The number of likely N-dealkylation sites (N-methyl/N-ethyl adjacent to an activating group) is 1. The van der Waals surface area contributed by atoms with E-state index < -0.39 is 23.8 Å². The van der Waals surface area contributed by atoms with Crippen LogP contribution in [-0.2, 0) is 38.9 Å². The molecule has 0 spiro atoms. The highest BCUT2D eigenvalue weighted by atomic mass is 19.1. The third kappa shape index (κ3) is 11.0. The third-order valence-corrected chi connectivity index (χ3v) is 12.6. The van der Waals surface area contributed by atoms with E-state index in [1.807, 2.05) is 78.9 Å². The number of fused-ring (bicyclic) bond motifs is 2. The summed E-state index contributed by atoms with van der Waals surface area (Å²) in [5, 5.41) is 24.7. The van der Waals surface area contributed by atoms with Gasteiger partial charge < -0.3 is 43.6 Å². The number of halogens is 1. The van der Waals surface area contributed by atoms with Crippen LogP contribution in [0.5, 0.6) is 11.5 Å². The lowest BCUT2D eigenvalue weighted by atomic mass is 9.55. The predicted molar refractivity (Wildman–Crippen MR) is 242 cm³/mol. The van der Waals surface area contributed by atoms with Crippen LogP contribution in [0.25, 0.3) is 0 Å². The number of carbonyl (C=O) groups excluding carboxylic acids is 1. The molecule has 0 saturated heterocycles. The second kappa shape index (κ2) is 22.9. The lowest BCUT2D eigenvalue weighted by Gasteiger charge is -2.59. The van der Waals surface area contributed by atoms with Gasteiger partial charge in [0.25, 0.3) is 0 Å².